The highest BCUT2D eigenvalue weighted by Gasteiger charge is 2.14. The third-order valence-corrected chi connectivity index (χ3v) is 3.92. The molecule has 3 heteroatoms. The first-order valence-electron chi connectivity index (χ1n) is 4.31. The van der Waals surface area contributed by atoms with E-state index >= 15 is 0 Å². The molecule has 1 nitrogen and oxygen atoms in total. The summed E-state index contributed by atoms with van der Waals surface area (Å²) >= 11 is 6.34. The van der Waals surface area contributed by atoms with Crippen LogP contribution in [0.1, 0.15) is 13.8 Å². The van der Waals surface area contributed by atoms with Gasteiger partial charge in [-0.05, 0) is 31.0 Å². The Morgan fingerprint density at radius 3 is 2.33 bits per heavy atom. The molecule has 0 rings (SSSR count). The van der Waals surface area contributed by atoms with Crippen LogP contribution in [0.5, 0.6) is 0 Å². The van der Waals surface area contributed by atoms with Gasteiger partial charge in [-0.1, -0.05) is 13.8 Å². The molecule has 0 bridgehead atoms. The molecule has 0 fully saturated rings. The topological polar surface area (TPSA) is 3.24 Å². The van der Waals surface area contributed by atoms with Crippen LogP contribution in [-0.2, 0) is 0 Å². The fourth-order valence-electron chi connectivity index (χ4n) is 0.641. The lowest BCUT2D eigenvalue weighted by Crippen LogP contribution is -2.19. The van der Waals surface area contributed by atoms with Crippen LogP contribution >= 0.6 is 24.4 Å². The molecule has 0 aliphatic heterocycles. The van der Waals surface area contributed by atoms with Crippen LogP contribution in [0.2, 0.25) is 0 Å². The van der Waals surface area contributed by atoms with Crippen molar-refractivity contribution < 1.29 is 0 Å². The number of thiol groups is 1. The van der Waals surface area contributed by atoms with Gasteiger partial charge >= 0.3 is 0 Å². The monoisotopic (exact) mass is 207 g/mol. The zero-order valence-corrected chi connectivity index (χ0v) is 10.3. The Bertz CT molecular complexity index is 113. The lowest BCUT2D eigenvalue weighted by molar-refractivity contribution is 0.436. The maximum absolute atomic E-state index is 4.32. The molecule has 0 atom stereocenters. The Kier molecular flexibility index (Phi) is 6.50. The summed E-state index contributed by atoms with van der Waals surface area (Å²) in [5, 5.41) is 0. The van der Waals surface area contributed by atoms with Crippen LogP contribution < -0.4 is 0 Å². The van der Waals surface area contributed by atoms with Gasteiger partial charge in [-0.3, -0.25) is 0 Å². The molecule has 0 radical (unpaired) electrons. The maximum Gasteiger partial charge on any atom is 0.00662 e. The summed E-state index contributed by atoms with van der Waals surface area (Å²) in [5.41, 5.74) is 0.389. The predicted molar refractivity (Wildman–Crippen MR) is 63.5 cm³/mol. The van der Waals surface area contributed by atoms with Gasteiger partial charge in [0, 0.05) is 12.3 Å². The number of hydrogen-bond donors (Lipinski definition) is 1. The van der Waals surface area contributed by atoms with Crippen molar-refractivity contribution in [2.45, 2.75) is 13.8 Å². The van der Waals surface area contributed by atoms with Gasteiger partial charge in [0.1, 0.15) is 0 Å². The third-order valence-electron chi connectivity index (χ3n) is 1.60. The van der Waals surface area contributed by atoms with Crippen LogP contribution in [0.25, 0.3) is 0 Å². The molecule has 0 aliphatic rings. The highest BCUT2D eigenvalue weighted by molar-refractivity contribution is 7.99. The molecular weight excluding hydrogens is 186 g/mol. The van der Waals surface area contributed by atoms with Crippen molar-refractivity contribution in [1.82, 2.24) is 4.90 Å². The minimum absolute atomic E-state index is 0.389. The Balaban J connectivity index is 3.31. The normalized spacial score (nSPS) is 12.5. The largest absolute Gasteiger partial charge is 0.309 e. The molecule has 12 heavy (non-hydrogen) atoms. The van der Waals surface area contributed by atoms with E-state index in [2.05, 4.69) is 45.5 Å². The van der Waals surface area contributed by atoms with Crippen LogP contribution in [-0.4, -0.2) is 42.8 Å². The summed E-state index contributed by atoms with van der Waals surface area (Å²) in [5.74, 6) is 3.41. The standard InChI is InChI=1S/C9H21NS2/c1-9(2,7-11)8-12-6-5-10(3)4/h11H,5-8H2,1-4H3. The molecule has 0 aromatic heterocycles. The number of hydrogen-bond acceptors (Lipinski definition) is 3. The molecule has 74 valence electrons. The lowest BCUT2D eigenvalue weighted by atomic mass is 10.0. The van der Waals surface area contributed by atoms with Gasteiger partial charge in [0.05, 0.1) is 0 Å². The van der Waals surface area contributed by atoms with E-state index in [0.717, 1.165) is 5.75 Å². The minimum Gasteiger partial charge on any atom is -0.309 e. The zero-order valence-electron chi connectivity index (χ0n) is 8.63. The Morgan fingerprint density at radius 1 is 1.33 bits per heavy atom. The highest BCUT2D eigenvalue weighted by Crippen LogP contribution is 2.22. The first kappa shape index (κ1) is 12.7. The average molecular weight is 207 g/mol. The Morgan fingerprint density at radius 2 is 1.92 bits per heavy atom. The number of nitrogens with zero attached hydrogens (tertiary/aromatic N) is 1. The van der Waals surface area contributed by atoms with E-state index < -0.39 is 0 Å². The molecule has 0 unspecified atom stereocenters. The summed E-state index contributed by atoms with van der Waals surface area (Å²) in [6.07, 6.45) is 0. The van der Waals surface area contributed by atoms with Crippen LogP contribution in [0.4, 0.5) is 0 Å². The quantitative estimate of drug-likeness (QED) is 0.525. The van der Waals surface area contributed by atoms with Gasteiger partial charge in [0.15, 0.2) is 0 Å². The van der Waals surface area contributed by atoms with Crippen molar-refractivity contribution in [3.8, 4) is 0 Å². The first-order valence-corrected chi connectivity index (χ1v) is 6.10. The summed E-state index contributed by atoms with van der Waals surface area (Å²) in [6, 6.07) is 0. The van der Waals surface area contributed by atoms with Crippen molar-refractivity contribution in [2.24, 2.45) is 5.41 Å². The van der Waals surface area contributed by atoms with E-state index in [1.807, 2.05) is 11.8 Å². The second kappa shape index (κ2) is 6.17. The highest BCUT2D eigenvalue weighted by atomic mass is 32.2. The van der Waals surface area contributed by atoms with Crippen LogP contribution in [0.15, 0.2) is 0 Å². The van der Waals surface area contributed by atoms with Gasteiger partial charge in [-0.2, -0.15) is 24.4 Å². The fourth-order valence-corrected chi connectivity index (χ4v) is 2.20. The van der Waals surface area contributed by atoms with Crippen molar-refractivity contribution in [2.75, 3.05) is 37.9 Å². The van der Waals surface area contributed by atoms with Gasteiger partial charge < -0.3 is 4.90 Å². The second-order valence-corrected chi connectivity index (χ2v) is 5.60. The molecule has 0 spiro atoms. The van der Waals surface area contributed by atoms with E-state index in [0.29, 0.717) is 5.41 Å². The van der Waals surface area contributed by atoms with Crippen LogP contribution in [0.3, 0.4) is 0 Å². The molecule has 0 saturated heterocycles. The van der Waals surface area contributed by atoms with Crippen molar-refractivity contribution in [1.29, 1.82) is 0 Å². The smallest absolute Gasteiger partial charge is 0.00662 e. The predicted octanol–water partition coefficient (Wildman–Crippen LogP) is 2.24. The van der Waals surface area contributed by atoms with Crippen molar-refractivity contribution in [3.05, 3.63) is 0 Å². The molecule has 0 aromatic rings. The molecule has 0 N–H and O–H groups in total. The lowest BCUT2D eigenvalue weighted by Gasteiger charge is -2.21. The molecule has 0 amide bonds. The summed E-state index contributed by atoms with van der Waals surface area (Å²) in [4.78, 5) is 2.22. The van der Waals surface area contributed by atoms with E-state index in [1.54, 1.807) is 0 Å². The van der Waals surface area contributed by atoms with E-state index in [-0.39, 0.29) is 0 Å². The van der Waals surface area contributed by atoms with Gasteiger partial charge in [-0.15, -0.1) is 0 Å². The van der Waals surface area contributed by atoms with Gasteiger partial charge in [0.25, 0.3) is 0 Å². The fraction of sp³-hybridized carbons (Fsp3) is 1.00. The molecule has 0 aliphatic carbocycles. The molecule has 0 saturated carbocycles. The van der Waals surface area contributed by atoms with Gasteiger partial charge in [0.2, 0.25) is 0 Å². The molecule has 0 aromatic carbocycles. The average Bonchev–Trinajstić information content (AvgIpc) is 1.98. The number of rotatable bonds is 6. The Hall–Kier alpha value is 0.660. The molecule has 0 heterocycles. The number of thioether (sulfide) groups is 1. The Labute approximate surface area is 86.7 Å². The third kappa shape index (κ3) is 7.32. The van der Waals surface area contributed by atoms with E-state index in [4.69, 9.17) is 0 Å². The van der Waals surface area contributed by atoms with Crippen molar-refractivity contribution in [3.63, 3.8) is 0 Å². The summed E-state index contributed by atoms with van der Waals surface area (Å²) in [6.45, 7) is 5.71. The van der Waals surface area contributed by atoms with E-state index in [9.17, 15) is 0 Å². The zero-order chi connectivity index (χ0) is 9.61. The van der Waals surface area contributed by atoms with Crippen LogP contribution in [0, 0.1) is 5.41 Å². The minimum atomic E-state index is 0.389. The second-order valence-electron chi connectivity index (χ2n) is 4.18. The molecular formula is C9H21NS2. The summed E-state index contributed by atoms with van der Waals surface area (Å²) < 4.78 is 0. The first-order chi connectivity index (χ1) is 5.48. The van der Waals surface area contributed by atoms with Crippen molar-refractivity contribution >= 4 is 24.4 Å². The summed E-state index contributed by atoms with van der Waals surface area (Å²) in [7, 11) is 4.23. The SMILES string of the molecule is CN(C)CCSCC(C)(C)CS. The van der Waals surface area contributed by atoms with Gasteiger partial charge in [-0.25, -0.2) is 0 Å². The van der Waals surface area contributed by atoms with E-state index in [1.165, 1.54) is 18.1 Å². The maximum atomic E-state index is 4.32.